The zero-order valence-corrected chi connectivity index (χ0v) is 12.0. The lowest BCUT2D eigenvalue weighted by Gasteiger charge is -2.22. The molecule has 0 aromatic heterocycles. The van der Waals surface area contributed by atoms with Gasteiger partial charge < -0.3 is 9.47 Å². The number of nitrogens with zero attached hydrogens (tertiary/aromatic N) is 1. The normalized spacial score (nSPS) is 18.3. The van der Waals surface area contributed by atoms with Gasteiger partial charge in [-0.25, -0.2) is 9.69 Å². The van der Waals surface area contributed by atoms with Gasteiger partial charge in [0, 0.05) is 5.56 Å². The summed E-state index contributed by atoms with van der Waals surface area (Å²) < 4.78 is 10.2. The number of carbonyl (C=O) groups excluding carboxylic acids is 2. The molecule has 1 heterocycles. The zero-order chi connectivity index (χ0) is 14.7. The van der Waals surface area contributed by atoms with Crippen LogP contribution in [0.1, 0.15) is 19.4 Å². The molecule has 5 nitrogen and oxygen atoms in total. The highest BCUT2D eigenvalue weighted by molar-refractivity contribution is 5.94. The molecule has 108 valence electrons. The summed E-state index contributed by atoms with van der Waals surface area (Å²) >= 11 is 0. The molecular weight excluding hydrogens is 258 g/mol. The number of amides is 2. The van der Waals surface area contributed by atoms with Crippen LogP contribution in [-0.4, -0.2) is 36.7 Å². The maximum atomic E-state index is 12.4. The molecule has 0 saturated carbocycles. The predicted molar refractivity (Wildman–Crippen MR) is 73.5 cm³/mol. The molecule has 1 aliphatic rings. The van der Waals surface area contributed by atoms with Gasteiger partial charge in [0.25, 0.3) is 0 Å². The van der Waals surface area contributed by atoms with E-state index in [2.05, 4.69) is 0 Å². The van der Waals surface area contributed by atoms with Gasteiger partial charge in [0.1, 0.15) is 12.4 Å². The third-order valence-electron chi connectivity index (χ3n) is 3.48. The van der Waals surface area contributed by atoms with Gasteiger partial charge in [-0.2, -0.15) is 0 Å². The van der Waals surface area contributed by atoms with Crippen molar-refractivity contribution >= 4 is 12.0 Å². The van der Waals surface area contributed by atoms with Crippen LogP contribution in [0.5, 0.6) is 5.75 Å². The van der Waals surface area contributed by atoms with Crippen LogP contribution in [0.2, 0.25) is 0 Å². The summed E-state index contributed by atoms with van der Waals surface area (Å²) in [6, 6.07) is 7.11. The minimum Gasteiger partial charge on any atom is -0.496 e. The Morgan fingerprint density at radius 1 is 1.45 bits per heavy atom. The van der Waals surface area contributed by atoms with E-state index in [-0.39, 0.29) is 30.9 Å². The van der Waals surface area contributed by atoms with Crippen LogP contribution in [0, 0.1) is 5.92 Å². The standard InChI is InChI=1S/C15H19NO4/c1-10(2)12-9-20-15(18)16(12)14(17)8-11-6-4-5-7-13(11)19-3/h4-7,10,12H,8-9H2,1-3H3/t12-/m1/s1. The van der Waals surface area contributed by atoms with Gasteiger partial charge in [-0.1, -0.05) is 32.0 Å². The highest BCUT2D eigenvalue weighted by atomic mass is 16.6. The van der Waals surface area contributed by atoms with E-state index in [0.717, 1.165) is 5.56 Å². The molecule has 2 amide bonds. The number of rotatable bonds is 4. The fourth-order valence-corrected chi connectivity index (χ4v) is 2.31. The first-order valence-corrected chi connectivity index (χ1v) is 6.65. The average molecular weight is 277 g/mol. The summed E-state index contributed by atoms with van der Waals surface area (Å²) in [4.78, 5) is 25.3. The van der Waals surface area contributed by atoms with Gasteiger partial charge in [-0.05, 0) is 12.0 Å². The highest BCUT2D eigenvalue weighted by Gasteiger charge is 2.39. The molecule has 5 heteroatoms. The zero-order valence-electron chi connectivity index (χ0n) is 12.0. The number of benzene rings is 1. The van der Waals surface area contributed by atoms with Crippen molar-refractivity contribution in [3.8, 4) is 5.75 Å². The Balaban J connectivity index is 2.16. The minimum absolute atomic E-state index is 0.127. The van der Waals surface area contributed by atoms with Crippen LogP contribution < -0.4 is 4.74 Å². The fraction of sp³-hybridized carbons (Fsp3) is 0.467. The van der Waals surface area contributed by atoms with Crippen molar-refractivity contribution in [3.05, 3.63) is 29.8 Å². The number of methoxy groups -OCH3 is 1. The molecule has 0 bridgehead atoms. The van der Waals surface area contributed by atoms with Crippen LogP contribution >= 0.6 is 0 Å². The molecule has 1 atom stereocenters. The fourth-order valence-electron chi connectivity index (χ4n) is 2.31. The number of para-hydroxylation sites is 1. The Kier molecular flexibility index (Phi) is 4.27. The lowest BCUT2D eigenvalue weighted by molar-refractivity contribution is -0.129. The number of hydrogen-bond acceptors (Lipinski definition) is 4. The summed E-state index contributed by atoms with van der Waals surface area (Å²) in [6.45, 7) is 4.21. The monoisotopic (exact) mass is 277 g/mol. The number of hydrogen-bond donors (Lipinski definition) is 0. The molecule has 1 aromatic carbocycles. The average Bonchev–Trinajstić information content (AvgIpc) is 2.81. The van der Waals surface area contributed by atoms with Gasteiger partial charge in [0.05, 0.1) is 19.6 Å². The first-order chi connectivity index (χ1) is 9.54. The van der Waals surface area contributed by atoms with Gasteiger partial charge in [0.2, 0.25) is 5.91 Å². The third kappa shape index (κ3) is 2.76. The van der Waals surface area contributed by atoms with Gasteiger partial charge in [-0.3, -0.25) is 4.79 Å². The third-order valence-corrected chi connectivity index (χ3v) is 3.48. The summed E-state index contributed by atoms with van der Waals surface area (Å²) in [7, 11) is 1.56. The van der Waals surface area contributed by atoms with Gasteiger partial charge in [-0.15, -0.1) is 0 Å². The predicted octanol–water partition coefficient (Wildman–Crippen LogP) is 2.24. The molecule has 0 aliphatic carbocycles. The Labute approximate surface area is 118 Å². The van der Waals surface area contributed by atoms with Crippen molar-refractivity contribution in [2.24, 2.45) is 5.92 Å². The Morgan fingerprint density at radius 3 is 2.80 bits per heavy atom. The van der Waals surface area contributed by atoms with E-state index in [9.17, 15) is 9.59 Å². The maximum Gasteiger partial charge on any atom is 0.416 e. The van der Waals surface area contributed by atoms with E-state index < -0.39 is 6.09 Å². The Bertz CT molecular complexity index is 512. The van der Waals surface area contributed by atoms with Gasteiger partial charge in [0.15, 0.2) is 0 Å². The lowest BCUT2D eigenvalue weighted by atomic mass is 10.0. The van der Waals surface area contributed by atoms with Crippen LogP contribution in [0.15, 0.2) is 24.3 Å². The van der Waals surface area contributed by atoms with E-state index in [1.807, 2.05) is 32.0 Å². The second kappa shape index (κ2) is 5.94. The van der Waals surface area contributed by atoms with Crippen molar-refractivity contribution in [2.45, 2.75) is 26.3 Å². The van der Waals surface area contributed by atoms with Crippen molar-refractivity contribution in [2.75, 3.05) is 13.7 Å². The highest BCUT2D eigenvalue weighted by Crippen LogP contribution is 2.23. The van der Waals surface area contributed by atoms with E-state index in [1.54, 1.807) is 13.2 Å². The SMILES string of the molecule is COc1ccccc1CC(=O)N1C(=O)OC[C@@H]1C(C)C. The first kappa shape index (κ1) is 14.4. The molecule has 1 aliphatic heterocycles. The molecule has 0 N–H and O–H groups in total. The van der Waals surface area contributed by atoms with Crippen molar-refractivity contribution in [3.63, 3.8) is 0 Å². The number of imide groups is 1. The molecule has 1 aromatic rings. The van der Waals surface area contributed by atoms with Crippen LogP contribution in [0.25, 0.3) is 0 Å². The second-order valence-corrected chi connectivity index (χ2v) is 5.14. The van der Waals surface area contributed by atoms with Gasteiger partial charge >= 0.3 is 6.09 Å². The second-order valence-electron chi connectivity index (χ2n) is 5.14. The van der Waals surface area contributed by atoms with E-state index in [4.69, 9.17) is 9.47 Å². The van der Waals surface area contributed by atoms with Crippen LogP contribution in [0.3, 0.4) is 0 Å². The summed E-state index contributed by atoms with van der Waals surface area (Å²) in [5, 5.41) is 0. The molecule has 1 saturated heterocycles. The molecule has 0 radical (unpaired) electrons. The molecule has 2 rings (SSSR count). The van der Waals surface area contributed by atoms with E-state index in [0.29, 0.717) is 5.75 Å². The molecule has 1 fully saturated rings. The molecule has 20 heavy (non-hydrogen) atoms. The topological polar surface area (TPSA) is 55.8 Å². The van der Waals surface area contributed by atoms with Crippen molar-refractivity contribution in [1.29, 1.82) is 0 Å². The lowest BCUT2D eigenvalue weighted by Crippen LogP contribution is -2.42. The van der Waals surface area contributed by atoms with Crippen LogP contribution in [-0.2, 0) is 16.0 Å². The molecule has 0 unspecified atom stereocenters. The number of carbonyl (C=O) groups is 2. The number of ether oxygens (including phenoxy) is 2. The van der Waals surface area contributed by atoms with Crippen molar-refractivity contribution < 1.29 is 19.1 Å². The Morgan fingerprint density at radius 2 is 2.15 bits per heavy atom. The Hall–Kier alpha value is -2.04. The summed E-state index contributed by atoms with van der Waals surface area (Å²) in [5.74, 6) is 0.563. The largest absolute Gasteiger partial charge is 0.496 e. The smallest absolute Gasteiger partial charge is 0.416 e. The van der Waals surface area contributed by atoms with E-state index in [1.165, 1.54) is 4.90 Å². The van der Waals surface area contributed by atoms with E-state index >= 15 is 0 Å². The molecular formula is C15H19NO4. The summed E-state index contributed by atoms with van der Waals surface area (Å²) in [6.07, 6.45) is -0.425. The first-order valence-electron chi connectivity index (χ1n) is 6.65. The van der Waals surface area contributed by atoms with Crippen molar-refractivity contribution in [1.82, 2.24) is 4.90 Å². The molecule has 0 spiro atoms. The van der Waals surface area contributed by atoms with Crippen LogP contribution in [0.4, 0.5) is 4.79 Å². The maximum absolute atomic E-state index is 12.4. The summed E-state index contributed by atoms with van der Waals surface area (Å²) in [5.41, 5.74) is 0.766. The quantitative estimate of drug-likeness (QED) is 0.847. The number of cyclic esters (lactones) is 1. The minimum atomic E-state index is -0.552.